The van der Waals surface area contributed by atoms with E-state index < -0.39 is 22.2 Å². The smallest absolute Gasteiger partial charge is 0.263 e. The summed E-state index contributed by atoms with van der Waals surface area (Å²) in [4.78, 5) is 20.8. The molecule has 36 heavy (non-hydrogen) atoms. The maximum Gasteiger partial charge on any atom is 0.263 e. The fourth-order valence-electron chi connectivity index (χ4n) is 3.87. The molecule has 2 N–H and O–H groups in total. The van der Waals surface area contributed by atoms with Crippen LogP contribution in [0.1, 0.15) is 6.92 Å². The van der Waals surface area contributed by atoms with Crippen LogP contribution in [0, 0.1) is 0 Å². The molecule has 13 heteroatoms. The van der Waals surface area contributed by atoms with Crippen molar-refractivity contribution in [1.82, 2.24) is 9.88 Å². The van der Waals surface area contributed by atoms with Crippen molar-refractivity contribution < 1.29 is 23.1 Å². The molecule has 0 saturated carbocycles. The van der Waals surface area contributed by atoms with Crippen molar-refractivity contribution in [1.29, 1.82) is 0 Å². The van der Waals surface area contributed by atoms with Crippen LogP contribution in [0.5, 0.6) is 5.75 Å². The topological polar surface area (TPSA) is 112 Å². The number of hydrogen-bond acceptors (Lipinski definition) is 8. The molecule has 4 rings (SSSR count). The van der Waals surface area contributed by atoms with Crippen LogP contribution < -0.4 is 14.4 Å². The number of rotatable bonds is 8. The van der Waals surface area contributed by atoms with Gasteiger partial charge in [-0.05, 0) is 43.3 Å². The lowest BCUT2D eigenvalue weighted by Crippen LogP contribution is -2.59. The van der Waals surface area contributed by atoms with Crippen molar-refractivity contribution >= 4 is 61.3 Å². The van der Waals surface area contributed by atoms with E-state index in [9.17, 15) is 18.3 Å². The second-order valence-corrected chi connectivity index (χ2v) is 11.4. The largest absolute Gasteiger partial charge is 0.479 e. The molecule has 0 aliphatic carbocycles. The Morgan fingerprint density at radius 1 is 1.25 bits per heavy atom. The first kappa shape index (κ1) is 26.5. The highest BCUT2D eigenvalue weighted by atomic mass is 35.5. The Morgan fingerprint density at radius 2 is 2.00 bits per heavy atom. The van der Waals surface area contributed by atoms with Crippen LogP contribution in [0.15, 0.2) is 58.9 Å². The SMILES string of the molecule is C[C@@H](Oc1cccc(Cl)c1Cl)C(=O)N1CCN(c2ccc(S(=O)(=O)Nc3nccs3)cc2)C[C@@H]1CO. The summed E-state index contributed by atoms with van der Waals surface area (Å²) in [5.74, 6) is 0.0306. The molecule has 0 spiro atoms. The van der Waals surface area contributed by atoms with E-state index >= 15 is 0 Å². The number of hydrogen-bond donors (Lipinski definition) is 2. The summed E-state index contributed by atoms with van der Waals surface area (Å²) < 4.78 is 33.4. The predicted molar refractivity (Wildman–Crippen MR) is 141 cm³/mol. The van der Waals surface area contributed by atoms with Gasteiger partial charge in [-0.15, -0.1) is 11.3 Å². The van der Waals surface area contributed by atoms with Crippen LogP contribution in [0.3, 0.4) is 0 Å². The van der Waals surface area contributed by atoms with Crippen LogP contribution in [-0.2, 0) is 14.8 Å². The van der Waals surface area contributed by atoms with E-state index in [1.54, 1.807) is 47.5 Å². The number of aliphatic hydroxyl groups excluding tert-OH is 1. The maximum atomic E-state index is 13.1. The van der Waals surface area contributed by atoms with Gasteiger partial charge in [-0.1, -0.05) is 29.3 Å². The molecule has 2 atom stereocenters. The van der Waals surface area contributed by atoms with Crippen molar-refractivity contribution in [2.45, 2.75) is 24.0 Å². The van der Waals surface area contributed by atoms with Gasteiger partial charge in [-0.25, -0.2) is 13.4 Å². The lowest BCUT2D eigenvalue weighted by Gasteiger charge is -2.42. The van der Waals surface area contributed by atoms with Gasteiger partial charge in [0.15, 0.2) is 11.2 Å². The quantitative estimate of drug-likeness (QED) is 0.424. The Kier molecular flexibility index (Phi) is 8.26. The van der Waals surface area contributed by atoms with E-state index in [0.29, 0.717) is 35.5 Å². The minimum atomic E-state index is -3.75. The third kappa shape index (κ3) is 5.87. The van der Waals surface area contributed by atoms with Gasteiger partial charge >= 0.3 is 0 Å². The molecule has 1 amide bonds. The minimum absolute atomic E-state index is 0.111. The first-order valence-corrected chi connectivity index (χ1v) is 14.1. The normalized spacial score (nSPS) is 17.1. The van der Waals surface area contributed by atoms with E-state index in [1.165, 1.54) is 29.7 Å². The summed E-state index contributed by atoms with van der Waals surface area (Å²) in [6, 6.07) is 10.9. The average Bonchev–Trinajstić information content (AvgIpc) is 3.38. The number of benzene rings is 2. The number of aliphatic hydroxyl groups is 1. The van der Waals surface area contributed by atoms with Crippen molar-refractivity contribution in [3.05, 3.63) is 64.1 Å². The van der Waals surface area contributed by atoms with Gasteiger partial charge < -0.3 is 19.6 Å². The molecule has 1 saturated heterocycles. The zero-order chi connectivity index (χ0) is 25.9. The third-order valence-electron chi connectivity index (χ3n) is 5.71. The molecule has 9 nitrogen and oxygen atoms in total. The van der Waals surface area contributed by atoms with Gasteiger partial charge in [0.05, 0.1) is 22.6 Å². The van der Waals surface area contributed by atoms with Crippen molar-refractivity contribution in [2.75, 3.05) is 35.9 Å². The first-order valence-electron chi connectivity index (χ1n) is 11.0. The Hall–Kier alpha value is -2.57. The second-order valence-electron chi connectivity index (χ2n) is 8.06. The second kappa shape index (κ2) is 11.2. The molecule has 1 aliphatic heterocycles. The molecule has 0 unspecified atom stereocenters. The summed E-state index contributed by atoms with van der Waals surface area (Å²) in [5, 5.41) is 12.5. The maximum absolute atomic E-state index is 13.1. The Balaban J connectivity index is 1.41. The third-order valence-corrected chi connectivity index (χ3v) is 8.68. The van der Waals surface area contributed by atoms with Crippen LogP contribution in [0.2, 0.25) is 10.0 Å². The fourth-order valence-corrected chi connectivity index (χ4v) is 5.99. The molecular formula is C23H24Cl2N4O5S2. The number of sulfonamides is 1. The van der Waals surface area contributed by atoms with Gasteiger partial charge in [-0.2, -0.15) is 0 Å². The van der Waals surface area contributed by atoms with Crippen LogP contribution in [-0.4, -0.2) is 67.7 Å². The van der Waals surface area contributed by atoms with Crippen molar-refractivity contribution in [2.24, 2.45) is 0 Å². The van der Waals surface area contributed by atoms with Gasteiger partial charge in [-0.3, -0.25) is 9.52 Å². The zero-order valence-electron chi connectivity index (χ0n) is 19.2. The number of amides is 1. The number of thiazole rings is 1. The Labute approximate surface area is 223 Å². The molecule has 3 aromatic rings. The standard InChI is InChI=1S/C23H24Cl2N4O5S2/c1-15(34-20-4-2-3-19(24)21(20)25)22(31)29-11-10-28(13-17(29)14-30)16-5-7-18(8-6-16)36(32,33)27-23-26-9-12-35-23/h2-9,12,15,17,30H,10-11,13-14H2,1H3,(H,26,27)/t15-,17-/m1/s1. The van der Waals surface area contributed by atoms with E-state index in [4.69, 9.17) is 27.9 Å². The van der Waals surface area contributed by atoms with Crippen molar-refractivity contribution in [3.63, 3.8) is 0 Å². The molecular weight excluding hydrogens is 547 g/mol. The summed E-state index contributed by atoms with van der Waals surface area (Å²) in [5.41, 5.74) is 0.781. The number of anilines is 2. The van der Waals surface area contributed by atoms with Crippen LogP contribution in [0.25, 0.3) is 0 Å². The molecule has 1 aromatic heterocycles. The van der Waals surface area contributed by atoms with E-state index in [2.05, 4.69) is 9.71 Å². The van der Waals surface area contributed by atoms with Gasteiger partial charge in [0.25, 0.3) is 15.9 Å². The molecule has 1 fully saturated rings. The number of aromatic nitrogens is 1. The first-order chi connectivity index (χ1) is 17.2. The summed E-state index contributed by atoms with van der Waals surface area (Å²) in [6.07, 6.45) is 0.684. The number of piperazine rings is 1. The number of ether oxygens (including phenoxy) is 1. The highest BCUT2D eigenvalue weighted by Crippen LogP contribution is 2.32. The van der Waals surface area contributed by atoms with Gasteiger partial charge in [0.2, 0.25) is 0 Å². The van der Waals surface area contributed by atoms with Gasteiger partial charge in [0.1, 0.15) is 10.8 Å². The minimum Gasteiger partial charge on any atom is -0.479 e. The molecule has 2 aromatic carbocycles. The lowest BCUT2D eigenvalue weighted by atomic mass is 10.1. The highest BCUT2D eigenvalue weighted by molar-refractivity contribution is 7.93. The van der Waals surface area contributed by atoms with Crippen LogP contribution in [0.4, 0.5) is 10.8 Å². The average molecular weight is 572 g/mol. The lowest BCUT2D eigenvalue weighted by molar-refractivity contribution is -0.141. The number of nitrogens with one attached hydrogen (secondary N) is 1. The fraction of sp³-hybridized carbons (Fsp3) is 0.304. The number of nitrogens with zero attached hydrogens (tertiary/aromatic N) is 3. The Bertz CT molecular complexity index is 1310. The van der Waals surface area contributed by atoms with Gasteiger partial charge in [0, 0.05) is 36.9 Å². The highest BCUT2D eigenvalue weighted by Gasteiger charge is 2.33. The van der Waals surface area contributed by atoms with E-state index in [-0.39, 0.29) is 22.4 Å². The molecule has 192 valence electrons. The monoisotopic (exact) mass is 570 g/mol. The number of halogens is 2. The number of carbonyl (C=O) groups is 1. The summed E-state index contributed by atoms with van der Waals surface area (Å²) in [6.45, 7) is 2.61. The molecule has 0 bridgehead atoms. The molecule has 0 radical (unpaired) electrons. The number of carbonyl (C=O) groups excluding carboxylic acids is 1. The van der Waals surface area contributed by atoms with E-state index in [0.717, 1.165) is 5.69 Å². The van der Waals surface area contributed by atoms with E-state index in [1.807, 2.05) is 4.90 Å². The summed E-state index contributed by atoms with van der Waals surface area (Å²) >= 11 is 13.4. The molecule has 2 heterocycles. The van der Waals surface area contributed by atoms with Crippen molar-refractivity contribution in [3.8, 4) is 5.75 Å². The predicted octanol–water partition coefficient (Wildman–Crippen LogP) is 3.73. The molecule has 1 aliphatic rings. The Morgan fingerprint density at radius 3 is 2.67 bits per heavy atom. The summed E-state index contributed by atoms with van der Waals surface area (Å²) in [7, 11) is -3.75. The zero-order valence-corrected chi connectivity index (χ0v) is 22.3. The van der Waals surface area contributed by atoms with Crippen LogP contribution >= 0.6 is 34.5 Å².